The van der Waals surface area contributed by atoms with Crippen molar-refractivity contribution in [2.45, 2.75) is 47.1 Å². The van der Waals surface area contributed by atoms with Crippen LogP contribution in [-0.2, 0) is 11.3 Å². The molecule has 0 atom stereocenters. The zero-order valence-electron chi connectivity index (χ0n) is 17.3. The maximum Gasteiger partial charge on any atom is 0.270 e. The molecule has 0 N–H and O–H groups in total. The van der Waals surface area contributed by atoms with Gasteiger partial charge in [-0.05, 0) is 51.2 Å². The Balaban J connectivity index is 2.23. The summed E-state index contributed by atoms with van der Waals surface area (Å²) < 4.78 is 2.22. The molecule has 0 unspecified atom stereocenters. The molecule has 29 heavy (non-hydrogen) atoms. The number of piperidine rings is 1. The van der Waals surface area contributed by atoms with Gasteiger partial charge in [-0.25, -0.2) is 0 Å². The average molecular weight is 431 g/mol. The lowest BCUT2D eigenvalue weighted by Gasteiger charge is -2.35. The zero-order chi connectivity index (χ0) is 21.3. The standard InChI is InChI=1S/C21H26N4O2S2/c1-5-24-18(23-9-7-13(3)8-10-23)15(14(4)16(12-22)19(24)26)11-17-20(27)25(6-2)21(28)29-17/h11,13H,5-10H2,1-4H3. The van der Waals surface area contributed by atoms with Crippen LogP contribution in [0, 0.1) is 24.2 Å². The van der Waals surface area contributed by atoms with E-state index in [1.165, 1.54) is 11.8 Å². The van der Waals surface area contributed by atoms with Gasteiger partial charge in [-0.2, -0.15) is 5.26 Å². The molecule has 0 aromatic carbocycles. The van der Waals surface area contributed by atoms with Gasteiger partial charge >= 0.3 is 0 Å². The van der Waals surface area contributed by atoms with Gasteiger partial charge in [-0.15, -0.1) is 0 Å². The lowest BCUT2D eigenvalue weighted by molar-refractivity contribution is -0.121. The van der Waals surface area contributed by atoms with Gasteiger partial charge in [0.25, 0.3) is 11.5 Å². The molecule has 6 nitrogen and oxygen atoms in total. The lowest BCUT2D eigenvalue weighted by Crippen LogP contribution is -2.39. The number of hydrogen-bond acceptors (Lipinski definition) is 6. The van der Waals surface area contributed by atoms with Crippen molar-refractivity contribution in [3.63, 3.8) is 0 Å². The number of nitrogens with zero attached hydrogens (tertiary/aromatic N) is 4. The van der Waals surface area contributed by atoms with Crippen LogP contribution < -0.4 is 10.5 Å². The van der Waals surface area contributed by atoms with Crippen molar-refractivity contribution in [3.8, 4) is 6.07 Å². The number of amides is 1. The van der Waals surface area contributed by atoms with Crippen LogP contribution in [-0.4, -0.2) is 39.3 Å². The van der Waals surface area contributed by atoms with Gasteiger partial charge in [-0.3, -0.25) is 19.1 Å². The van der Waals surface area contributed by atoms with Crippen molar-refractivity contribution < 1.29 is 4.79 Å². The summed E-state index contributed by atoms with van der Waals surface area (Å²) in [4.78, 5) is 30.1. The third-order valence-corrected chi connectivity index (χ3v) is 7.09. The average Bonchev–Trinajstić information content (AvgIpc) is 2.97. The van der Waals surface area contributed by atoms with Gasteiger partial charge in [0.1, 0.15) is 21.8 Å². The molecule has 1 aromatic rings. The van der Waals surface area contributed by atoms with Crippen molar-refractivity contribution in [1.29, 1.82) is 5.26 Å². The topological polar surface area (TPSA) is 69.3 Å². The molecule has 2 fully saturated rings. The first-order valence-corrected chi connectivity index (χ1v) is 11.2. The summed E-state index contributed by atoms with van der Waals surface area (Å²) in [7, 11) is 0. The predicted molar refractivity (Wildman–Crippen MR) is 122 cm³/mol. The molecule has 0 aliphatic carbocycles. The normalized spacial score (nSPS) is 19.3. The van der Waals surface area contributed by atoms with E-state index in [2.05, 4.69) is 17.9 Å². The Morgan fingerprint density at radius 3 is 2.41 bits per heavy atom. The second kappa shape index (κ2) is 8.72. The molecule has 0 radical (unpaired) electrons. The number of anilines is 1. The van der Waals surface area contributed by atoms with Crippen LogP contribution in [0.2, 0.25) is 0 Å². The van der Waals surface area contributed by atoms with E-state index in [1.807, 2.05) is 19.9 Å². The minimum absolute atomic E-state index is 0.118. The number of hydrogen-bond donors (Lipinski definition) is 0. The van der Waals surface area contributed by atoms with E-state index >= 15 is 0 Å². The molecule has 3 rings (SSSR count). The summed E-state index contributed by atoms with van der Waals surface area (Å²) in [6.45, 7) is 10.5. The van der Waals surface area contributed by atoms with Crippen LogP contribution in [0.25, 0.3) is 6.08 Å². The number of carbonyl (C=O) groups excluding carboxylic acids is 1. The first-order valence-electron chi connectivity index (χ1n) is 10.0. The van der Waals surface area contributed by atoms with Crippen LogP contribution in [0.4, 0.5) is 5.82 Å². The minimum atomic E-state index is -0.264. The highest BCUT2D eigenvalue weighted by molar-refractivity contribution is 8.26. The highest BCUT2D eigenvalue weighted by atomic mass is 32.2. The van der Waals surface area contributed by atoms with Crippen molar-refractivity contribution in [2.24, 2.45) is 5.92 Å². The number of thiocarbonyl (C=S) groups is 1. The van der Waals surface area contributed by atoms with E-state index in [4.69, 9.17) is 12.2 Å². The lowest BCUT2D eigenvalue weighted by atomic mass is 9.97. The fourth-order valence-electron chi connectivity index (χ4n) is 3.90. The molecule has 3 heterocycles. The summed E-state index contributed by atoms with van der Waals surface area (Å²) in [6.07, 6.45) is 3.92. The van der Waals surface area contributed by atoms with E-state index in [1.54, 1.807) is 16.4 Å². The SMILES string of the molecule is CCN1C(=O)C(=Cc2c(C)c(C#N)c(=O)n(CC)c2N2CCC(C)CC2)SC1=S. The molecular weight excluding hydrogens is 404 g/mol. The maximum absolute atomic E-state index is 13.0. The van der Waals surface area contributed by atoms with Crippen LogP contribution >= 0.6 is 24.0 Å². The van der Waals surface area contributed by atoms with Crippen LogP contribution in [0.3, 0.4) is 0 Å². The molecule has 154 valence electrons. The number of carbonyl (C=O) groups is 1. The summed E-state index contributed by atoms with van der Waals surface area (Å²) in [5.41, 5.74) is 1.27. The van der Waals surface area contributed by atoms with E-state index in [-0.39, 0.29) is 17.0 Å². The van der Waals surface area contributed by atoms with Crippen molar-refractivity contribution in [1.82, 2.24) is 9.47 Å². The smallest absolute Gasteiger partial charge is 0.270 e. The van der Waals surface area contributed by atoms with Crippen molar-refractivity contribution in [2.75, 3.05) is 24.5 Å². The zero-order valence-corrected chi connectivity index (χ0v) is 19.0. The summed E-state index contributed by atoms with van der Waals surface area (Å²) in [5, 5.41) is 9.62. The molecule has 0 saturated carbocycles. The molecule has 1 amide bonds. The fourth-order valence-corrected chi connectivity index (χ4v) is 5.27. The number of likely N-dealkylation sites (N-methyl/N-ethyl adjacent to an activating group) is 1. The Bertz CT molecular complexity index is 982. The van der Waals surface area contributed by atoms with Gasteiger partial charge in [0.2, 0.25) is 0 Å². The molecule has 2 aliphatic rings. The Hall–Kier alpha value is -2.11. The number of pyridine rings is 1. The fraction of sp³-hybridized carbons (Fsp3) is 0.524. The highest BCUT2D eigenvalue weighted by Gasteiger charge is 2.32. The summed E-state index contributed by atoms with van der Waals surface area (Å²) in [6, 6.07) is 2.07. The molecule has 2 aliphatic heterocycles. The van der Waals surface area contributed by atoms with E-state index in [0.29, 0.717) is 33.8 Å². The molecule has 2 saturated heterocycles. The van der Waals surface area contributed by atoms with Gasteiger partial charge in [-0.1, -0.05) is 30.9 Å². The summed E-state index contributed by atoms with van der Waals surface area (Å²) >= 11 is 6.62. The summed E-state index contributed by atoms with van der Waals surface area (Å²) in [5.74, 6) is 1.34. The van der Waals surface area contributed by atoms with E-state index < -0.39 is 0 Å². The highest BCUT2D eigenvalue weighted by Crippen LogP contribution is 2.36. The van der Waals surface area contributed by atoms with E-state index in [0.717, 1.165) is 37.3 Å². The Labute approximate surface area is 181 Å². The monoisotopic (exact) mass is 430 g/mol. The minimum Gasteiger partial charge on any atom is -0.357 e. The molecule has 8 heteroatoms. The number of nitriles is 1. The first kappa shape index (κ1) is 21.6. The first-order chi connectivity index (χ1) is 13.8. The predicted octanol–water partition coefficient (Wildman–Crippen LogP) is 3.51. The van der Waals surface area contributed by atoms with Gasteiger partial charge in [0, 0.05) is 31.7 Å². The maximum atomic E-state index is 13.0. The van der Waals surface area contributed by atoms with Gasteiger partial charge < -0.3 is 4.90 Å². The van der Waals surface area contributed by atoms with Crippen molar-refractivity contribution >= 4 is 46.1 Å². The quantitative estimate of drug-likeness (QED) is 0.538. The molecule has 0 spiro atoms. The third kappa shape index (κ3) is 3.86. The Morgan fingerprint density at radius 1 is 1.24 bits per heavy atom. The van der Waals surface area contributed by atoms with Crippen LogP contribution in [0.5, 0.6) is 0 Å². The van der Waals surface area contributed by atoms with Crippen LogP contribution in [0.1, 0.15) is 50.3 Å². The Kier molecular flexibility index (Phi) is 6.49. The second-order valence-electron chi connectivity index (χ2n) is 7.49. The number of rotatable bonds is 4. The van der Waals surface area contributed by atoms with Crippen molar-refractivity contribution in [3.05, 3.63) is 31.9 Å². The Morgan fingerprint density at radius 2 is 1.90 bits per heavy atom. The van der Waals surface area contributed by atoms with Crippen LogP contribution in [0.15, 0.2) is 9.70 Å². The third-order valence-electron chi connectivity index (χ3n) is 5.71. The largest absolute Gasteiger partial charge is 0.357 e. The molecular formula is C21H26N4O2S2. The number of thioether (sulfide) groups is 1. The number of aromatic nitrogens is 1. The molecule has 1 aromatic heterocycles. The van der Waals surface area contributed by atoms with E-state index in [9.17, 15) is 14.9 Å². The second-order valence-corrected chi connectivity index (χ2v) is 9.17. The van der Waals surface area contributed by atoms with Gasteiger partial charge in [0.05, 0.1) is 4.91 Å². The molecule has 0 bridgehead atoms. The van der Waals surface area contributed by atoms with Gasteiger partial charge in [0.15, 0.2) is 0 Å².